The summed E-state index contributed by atoms with van der Waals surface area (Å²) in [6.45, 7) is 0. The largest absolute Gasteiger partial charge is 0.417 e. The number of rotatable bonds is 2. The second kappa shape index (κ2) is 5.79. The Morgan fingerprint density at radius 2 is 1.79 bits per heavy atom. The van der Waals surface area contributed by atoms with Gasteiger partial charge in [-0.15, -0.1) is 0 Å². The van der Waals surface area contributed by atoms with Gasteiger partial charge < -0.3 is 4.57 Å². The summed E-state index contributed by atoms with van der Waals surface area (Å²) >= 11 is 12.1. The lowest BCUT2D eigenvalue weighted by molar-refractivity contribution is -0.137. The second-order valence-electron chi connectivity index (χ2n) is 5.14. The van der Waals surface area contributed by atoms with Gasteiger partial charge in [0.25, 0.3) is 0 Å². The molecule has 0 bridgehead atoms. The molecule has 0 spiro atoms. The quantitative estimate of drug-likeness (QED) is 0.584. The molecule has 2 aromatic heterocycles. The number of ketones is 1. The summed E-state index contributed by atoms with van der Waals surface area (Å²) in [5.41, 5.74) is -0.172. The molecule has 0 radical (unpaired) electrons. The summed E-state index contributed by atoms with van der Waals surface area (Å²) in [6, 6.07) is 7.00. The van der Waals surface area contributed by atoms with Gasteiger partial charge in [0.1, 0.15) is 0 Å². The molecule has 2 heterocycles. The Morgan fingerprint density at radius 3 is 2.38 bits per heavy atom. The van der Waals surface area contributed by atoms with Crippen LogP contribution in [0.15, 0.2) is 36.5 Å². The van der Waals surface area contributed by atoms with Gasteiger partial charge in [0.05, 0.1) is 37.9 Å². The van der Waals surface area contributed by atoms with Crippen LogP contribution in [0, 0.1) is 0 Å². The van der Waals surface area contributed by atoms with Crippen LogP contribution in [0.3, 0.4) is 0 Å². The van der Waals surface area contributed by atoms with Crippen LogP contribution in [0.25, 0.3) is 11.0 Å². The number of nitrogens with zero attached hydrogens (tertiary/aromatic N) is 2. The zero-order valence-electron chi connectivity index (χ0n) is 12.2. The van der Waals surface area contributed by atoms with Crippen molar-refractivity contribution in [1.29, 1.82) is 0 Å². The lowest BCUT2D eigenvalue weighted by atomic mass is 10.1. The van der Waals surface area contributed by atoms with Crippen molar-refractivity contribution < 1.29 is 18.0 Å². The van der Waals surface area contributed by atoms with E-state index in [1.807, 2.05) is 0 Å². The molecule has 8 heteroatoms. The molecule has 3 nitrogen and oxygen atoms in total. The maximum absolute atomic E-state index is 12.8. The first kappa shape index (κ1) is 16.8. The standard InChI is InChI=1S/C16H9Cl2F3N2O/c1-23-12-5-8(16(19,20)21)7-22-11(12)6-13(23)15(24)14-9(17)3-2-4-10(14)18/h2-7H,1H3. The lowest BCUT2D eigenvalue weighted by Gasteiger charge is -2.08. The number of aromatic nitrogens is 2. The van der Waals surface area contributed by atoms with E-state index in [1.54, 1.807) is 6.07 Å². The minimum atomic E-state index is -4.51. The summed E-state index contributed by atoms with van der Waals surface area (Å²) in [5.74, 6) is -0.486. The van der Waals surface area contributed by atoms with Gasteiger partial charge in [0.2, 0.25) is 5.78 Å². The van der Waals surface area contributed by atoms with Crippen LogP contribution in [0.5, 0.6) is 0 Å². The van der Waals surface area contributed by atoms with Crippen molar-refractivity contribution in [3.05, 3.63) is 63.4 Å². The maximum atomic E-state index is 12.8. The van der Waals surface area contributed by atoms with Crippen molar-refractivity contribution in [3.63, 3.8) is 0 Å². The third-order valence-corrected chi connectivity index (χ3v) is 4.27. The van der Waals surface area contributed by atoms with Crippen LogP contribution < -0.4 is 0 Å². The molecule has 0 aliphatic heterocycles. The van der Waals surface area contributed by atoms with Crippen LogP contribution in [-0.2, 0) is 13.2 Å². The van der Waals surface area contributed by atoms with Gasteiger partial charge in [-0.1, -0.05) is 29.3 Å². The van der Waals surface area contributed by atoms with E-state index in [1.165, 1.54) is 29.8 Å². The number of halogens is 5. The molecule has 0 aliphatic carbocycles. The SMILES string of the molecule is Cn1c(C(=O)c2c(Cl)cccc2Cl)cc2ncc(C(F)(F)F)cc21. The molecule has 0 atom stereocenters. The first-order chi connectivity index (χ1) is 11.2. The van der Waals surface area contributed by atoms with E-state index in [4.69, 9.17) is 23.2 Å². The Hall–Kier alpha value is -2.05. The van der Waals surface area contributed by atoms with E-state index in [0.717, 1.165) is 12.3 Å². The molecule has 3 rings (SSSR count). The molecular weight excluding hydrogens is 364 g/mol. The van der Waals surface area contributed by atoms with Crippen LogP contribution in [0.2, 0.25) is 10.0 Å². The predicted octanol–water partition coefficient (Wildman–Crippen LogP) is 5.13. The molecule has 24 heavy (non-hydrogen) atoms. The van der Waals surface area contributed by atoms with Gasteiger partial charge >= 0.3 is 6.18 Å². The smallest absolute Gasteiger partial charge is 0.340 e. The molecule has 0 aliphatic rings. The molecule has 124 valence electrons. The minimum Gasteiger partial charge on any atom is -0.340 e. The normalized spacial score (nSPS) is 11.9. The number of hydrogen-bond donors (Lipinski definition) is 0. The van der Waals surface area contributed by atoms with Gasteiger partial charge in [-0.05, 0) is 24.3 Å². The van der Waals surface area contributed by atoms with Crippen molar-refractivity contribution in [1.82, 2.24) is 9.55 Å². The average molecular weight is 373 g/mol. The Labute approximate surface area is 144 Å². The number of hydrogen-bond acceptors (Lipinski definition) is 2. The molecule has 3 aromatic rings. The van der Waals surface area contributed by atoms with Gasteiger partial charge in [0, 0.05) is 13.2 Å². The van der Waals surface area contributed by atoms with E-state index in [9.17, 15) is 18.0 Å². The number of alkyl halides is 3. The summed E-state index contributed by atoms with van der Waals surface area (Å²) in [5, 5.41) is 0.336. The number of carbonyl (C=O) groups is 1. The molecule has 0 amide bonds. The number of carbonyl (C=O) groups excluding carboxylic acids is 1. The van der Waals surface area contributed by atoms with Crippen molar-refractivity contribution in [3.8, 4) is 0 Å². The lowest BCUT2D eigenvalue weighted by Crippen LogP contribution is -2.09. The van der Waals surface area contributed by atoms with Crippen molar-refractivity contribution in [2.75, 3.05) is 0 Å². The fourth-order valence-electron chi connectivity index (χ4n) is 2.42. The third-order valence-electron chi connectivity index (χ3n) is 3.64. The number of pyridine rings is 1. The average Bonchev–Trinajstić information content (AvgIpc) is 2.83. The first-order valence-electron chi connectivity index (χ1n) is 6.71. The minimum absolute atomic E-state index is 0.0998. The van der Waals surface area contributed by atoms with Gasteiger partial charge in [-0.3, -0.25) is 9.78 Å². The molecule has 0 saturated carbocycles. The molecule has 0 N–H and O–H groups in total. The van der Waals surface area contributed by atoms with Crippen LogP contribution in [0.1, 0.15) is 21.6 Å². The maximum Gasteiger partial charge on any atom is 0.417 e. The number of benzene rings is 1. The Kier molecular flexibility index (Phi) is 4.05. The van der Waals surface area contributed by atoms with Crippen LogP contribution >= 0.6 is 23.2 Å². The topological polar surface area (TPSA) is 34.9 Å². The van der Waals surface area contributed by atoms with Crippen molar-refractivity contribution >= 4 is 40.0 Å². The molecule has 0 unspecified atom stereocenters. The van der Waals surface area contributed by atoms with E-state index < -0.39 is 17.5 Å². The highest BCUT2D eigenvalue weighted by Crippen LogP contribution is 2.32. The van der Waals surface area contributed by atoms with E-state index in [-0.39, 0.29) is 32.3 Å². The third kappa shape index (κ3) is 2.76. The van der Waals surface area contributed by atoms with Crippen molar-refractivity contribution in [2.45, 2.75) is 6.18 Å². The number of fused-ring (bicyclic) bond motifs is 1. The highest BCUT2D eigenvalue weighted by Gasteiger charge is 2.32. The summed E-state index contributed by atoms with van der Waals surface area (Å²) < 4.78 is 39.8. The predicted molar refractivity (Wildman–Crippen MR) is 85.6 cm³/mol. The first-order valence-corrected chi connectivity index (χ1v) is 7.47. The zero-order valence-corrected chi connectivity index (χ0v) is 13.7. The summed E-state index contributed by atoms with van der Waals surface area (Å²) in [4.78, 5) is 16.5. The monoisotopic (exact) mass is 372 g/mol. The fraction of sp³-hybridized carbons (Fsp3) is 0.125. The number of aryl methyl sites for hydroxylation is 1. The van der Waals surface area contributed by atoms with E-state index in [2.05, 4.69) is 4.98 Å². The molecule has 1 aromatic carbocycles. The zero-order chi connectivity index (χ0) is 17.6. The summed E-state index contributed by atoms with van der Waals surface area (Å²) in [6.07, 6.45) is -3.78. The van der Waals surface area contributed by atoms with Crippen LogP contribution in [0.4, 0.5) is 13.2 Å². The second-order valence-corrected chi connectivity index (χ2v) is 5.95. The van der Waals surface area contributed by atoms with E-state index in [0.29, 0.717) is 0 Å². The van der Waals surface area contributed by atoms with Gasteiger partial charge in [-0.2, -0.15) is 13.2 Å². The Morgan fingerprint density at radius 1 is 1.17 bits per heavy atom. The Bertz CT molecular complexity index is 944. The van der Waals surface area contributed by atoms with E-state index >= 15 is 0 Å². The van der Waals surface area contributed by atoms with Gasteiger partial charge in [0.15, 0.2) is 0 Å². The fourth-order valence-corrected chi connectivity index (χ4v) is 2.98. The van der Waals surface area contributed by atoms with Gasteiger partial charge in [-0.25, -0.2) is 0 Å². The summed E-state index contributed by atoms with van der Waals surface area (Å²) in [7, 11) is 1.49. The highest BCUT2D eigenvalue weighted by molar-refractivity contribution is 6.41. The molecule has 0 saturated heterocycles. The molecular formula is C16H9Cl2F3N2O. The van der Waals surface area contributed by atoms with Crippen LogP contribution in [-0.4, -0.2) is 15.3 Å². The highest BCUT2D eigenvalue weighted by atomic mass is 35.5. The Balaban J connectivity index is 2.17. The molecule has 0 fully saturated rings. The van der Waals surface area contributed by atoms with Crippen molar-refractivity contribution in [2.24, 2.45) is 7.05 Å².